The van der Waals surface area contributed by atoms with E-state index in [1.807, 2.05) is 31.3 Å². The van der Waals surface area contributed by atoms with Crippen LogP contribution in [0, 0.1) is 6.92 Å². The van der Waals surface area contributed by atoms with E-state index in [-0.39, 0.29) is 12.4 Å². The lowest BCUT2D eigenvalue weighted by molar-refractivity contribution is -0.00000185. The number of hydrogen-bond donors (Lipinski definition) is 1. The predicted molar refractivity (Wildman–Crippen MR) is 40.4 cm³/mol. The van der Waals surface area contributed by atoms with E-state index in [0.29, 0.717) is 0 Å². The summed E-state index contributed by atoms with van der Waals surface area (Å²) in [7, 11) is 1.90. The minimum atomic E-state index is 0. The first-order chi connectivity index (χ1) is 4.33. The van der Waals surface area contributed by atoms with Crippen molar-refractivity contribution in [2.24, 2.45) is 0 Å². The molecule has 0 unspecified atom stereocenters. The predicted octanol–water partition coefficient (Wildman–Crippen LogP) is -1.09. The zero-order valence-electron chi connectivity index (χ0n) is 5.89. The zero-order valence-corrected chi connectivity index (χ0v) is 6.65. The molecule has 1 N–H and O–H groups in total. The van der Waals surface area contributed by atoms with E-state index >= 15 is 0 Å². The Kier molecular flexibility index (Phi) is 3.74. The minimum absolute atomic E-state index is 0. The zero-order chi connectivity index (χ0) is 6.69. The SMILES string of the molecule is [CH2+]c1ccc(NC)cc1.[Cl-]. The van der Waals surface area contributed by atoms with Gasteiger partial charge in [-0.15, -0.1) is 0 Å². The molecule has 0 spiro atoms. The number of rotatable bonds is 1. The Morgan fingerprint density at radius 2 is 1.70 bits per heavy atom. The van der Waals surface area contributed by atoms with Crippen molar-refractivity contribution in [1.82, 2.24) is 0 Å². The molecule has 0 aliphatic heterocycles. The number of anilines is 1. The third-order valence-electron chi connectivity index (χ3n) is 1.24. The van der Waals surface area contributed by atoms with Crippen LogP contribution in [0.2, 0.25) is 0 Å². The van der Waals surface area contributed by atoms with Gasteiger partial charge in [0.1, 0.15) is 5.56 Å². The lowest BCUT2D eigenvalue weighted by atomic mass is 10.2. The van der Waals surface area contributed by atoms with Crippen LogP contribution in [0.5, 0.6) is 0 Å². The molecule has 0 atom stereocenters. The first-order valence-electron chi connectivity index (χ1n) is 2.92. The highest BCUT2D eigenvalue weighted by atomic mass is 35.5. The van der Waals surface area contributed by atoms with Crippen molar-refractivity contribution in [2.75, 3.05) is 12.4 Å². The lowest BCUT2D eigenvalue weighted by Crippen LogP contribution is -3.00. The van der Waals surface area contributed by atoms with E-state index in [2.05, 4.69) is 12.2 Å². The Hall–Kier alpha value is -0.820. The van der Waals surface area contributed by atoms with Gasteiger partial charge in [-0.3, -0.25) is 0 Å². The van der Waals surface area contributed by atoms with Gasteiger partial charge >= 0.3 is 0 Å². The van der Waals surface area contributed by atoms with Crippen molar-refractivity contribution < 1.29 is 12.4 Å². The van der Waals surface area contributed by atoms with Gasteiger partial charge in [-0.1, -0.05) is 0 Å². The molecule has 0 aromatic heterocycles. The van der Waals surface area contributed by atoms with E-state index < -0.39 is 0 Å². The van der Waals surface area contributed by atoms with Crippen LogP contribution in [0.3, 0.4) is 0 Å². The van der Waals surface area contributed by atoms with Gasteiger partial charge in [0.05, 0.1) is 5.69 Å². The second-order valence-electron chi connectivity index (χ2n) is 1.95. The largest absolute Gasteiger partial charge is 1.00 e. The van der Waals surface area contributed by atoms with Gasteiger partial charge < -0.3 is 17.7 Å². The average molecular weight is 156 g/mol. The van der Waals surface area contributed by atoms with Crippen molar-refractivity contribution in [3.63, 3.8) is 0 Å². The Morgan fingerprint density at radius 3 is 2.10 bits per heavy atom. The van der Waals surface area contributed by atoms with Crippen molar-refractivity contribution in [3.8, 4) is 0 Å². The van der Waals surface area contributed by atoms with Crippen LogP contribution in [0.1, 0.15) is 5.56 Å². The van der Waals surface area contributed by atoms with Crippen LogP contribution in [-0.4, -0.2) is 7.05 Å². The maximum atomic E-state index is 3.77. The van der Waals surface area contributed by atoms with E-state index in [9.17, 15) is 0 Å². The summed E-state index contributed by atoms with van der Waals surface area (Å²) in [6.45, 7) is 3.77. The molecular weight excluding hydrogens is 146 g/mol. The molecule has 0 amide bonds. The second-order valence-corrected chi connectivity index (χ2v) is 1.95. The molecule has 54 valence electrons. The van der Waals surface area contributed by atoms with Crippen LogP contribution in [-0.2, 0) is 0 Å². The Bertz CT molecular complexity index is 181. The van der Waals surface area contributed by atoms with Gasteiger partial charge in [-0.05, 0) is 0 Å². The fraction of sp³-hybridized carbons (Fsp3) is 0.125. The highest BCUT2D eigenvalue weighted by Gasteiger charge is 1.91. The van der Waals surface area contributed by atoms with E-state index in [0.717, 1.165) is 11.3 Å². The maximum absolute atomic E-state index is 3.77. The molecule has 0 aliphatic carbocycles. The third-order valence-corrected chi connectivity index (χ3v) is 1.24. The van der Waals surface area contributed by atoms with E-state index in [1.54, 1.807) is 0 Å². The van der Waals surface area contributed by atoms with Gasteiger partial charge in [0.15, 0.2) is 0 Å². The number of benzene rings is 1. The third kappa shape index (κ3) is 2.19. The highest BCUT2D eigenvalue weighted by molar-refractivity contribution is 5.44. The molecular formula is C8H10ClN. The Morgan fingerprint density at radius 1 is 1.20 bits per heavy atom. The van der Waals surface area contributed by atoms with Gasteiger partial charge in [0.2, 0.25) is 0 Å². The molecule has 0 bridgehead atoms. The summed E-state index contributed by atoms with van der Waals surface area (Å²) in [6, 6.07) is 7.96. The first kappa shape index (κ1) is 9.18. The lowest BCUT2D eigenvalue weighted by Gasteiger charge is -1.92. The fourth-order valence-corrected chi connectivity index (χ4v) is 0.671. The molecule has 1 nitrogen and oxygen atoms in total. The minimum Gasteiger partial charge on any atom is -1.00 e. The van der Waals surface area contributed by atoms with E-state index in [1.165, 1.54) is 0 Å². The summed E-state index contributed by atoms with van der Waals surface area (Å²) in [5.74, 6) is 0. The molecule has 0 heterocycles. The van der Waals surface area contributed by atoms with Gasteiger partial charge in [-0.25, -0.2) is 0 Å². The molecule has 0 aliphatic rings. The van der Waals surface area contributed by atoms with Crippen molar-refractivity contribution in [2.45, 2.75) is 0 Å². The van der Waals surface area contributed by atoms with Crippen LogP contribution in [0.25, 0.3) is 0 Å². The van der Waals surface area contributed by atoms with Crippen molar-refractivity contribution in [1.29, 1.82) is 0 Å². The molecule has 10 heavy (non-hydrogen) atoms. The smallest absolute Gasteiger partial charge is 0.126 e. The molecule has 0 radical (unpaired) electrons. The highest BCUT2D eigenvalue weighted by Crippen LogP contribution is 2.06. The number of nitrogens with one attached hydrogen (secondary N) is 1. The fourth-order valence-electron chi connectivity index (χ4n) is 0.671. The first-order valence-corrected chi connectivity index (χ1v) is 2.92. The van der Waals surface area contributed by atoms with Crippen LogP contribution in [0.4, 0.5) is 5.69 Å². The number of halogens is 1. The van der Waals surface area contributed by atoms with Gasteiger partial charge in [-0.2, -0.15) is 0 Å². The topological polar surface area (TPSA) is 12.0 Å². The average Bonchev–Trinajstić information content (AvgIpc) is 1.90. The molecule has 1 rings (SSSR count). The van der Waals surface area contributed by atoms with Gasteiger partial charge in [0.25, 0.3) is 0 Å². The monoisotopic (exact) mass is 155 g/mol. The molecule has 1 aromatic rings. The van der Waals surface area contributed by atoms with Crippen LogP contribution in [0.15, 0.2) is 24.3 Å². The second kappa shape index (κ2) is 4.07. The maximum Gasteiger partial charge on any atom is 0.126 e. The molecule has 0 fully saturated rings. The summed E-state index contributed by atoms with van der Waals surface area (Å²) in [6.07, 6.45) is 0. The van der Waals surface area contributed by atoms with Crippen molar-refractivity contribution >= 4 is 5.69 Å². The molecule has 1 aromatic carbocycles. The Balaban J connectivity index is 0.000000810. The molecule has 2 heteroatoms. The molecule has 0 saturated heterocycles. The van der Waals surface area contributed by atoms with Gasteiger partial charge in [0, 0.05) is 38.2 Å². The van der Waals surface area contributed by atoms with Crippen LogP contribution >= 0.6 is 0 Å². The number of hydrogen-bond acceptors (Lipinski definition) is 1. The summed E-state index contributed by atoms with van der Waals surface area (Å²) in [5, 5.41) is 3.03. The molecule has 0 saturated carbocycles. The normalized spacial score (nSPS) is 8.10. The van der Waals surface area contributed by atoms with Crippen LogP contribution < -0.4 is 17.7 Å². The summed E-state index contributed by atoms with van der Waals surface area (Å²) in [5.41, 5.74) is 2.18. The van der Waals surface area contributed by atoms with E-state index in [4.69, 9.17) is 0 Å². The summed E-state index contributed by atoms with van der Waals surface area (Å²) < 4.78 is 0. The summed E-state index contributed by atoms with van der Waals surface area (Å²) in [4.78, 5) is 0. The Labute approximate surface area is 67.9 Å². The quantitative estimate of drug-likeness (QED) is 0.509. The summed E-state index contributed by atoms with van der Waals surface area (Å²) >= 11 is 0. The standard InChI is InChI=1S/C8H10N.ClH/c1-7-3-5-8(9-2)6-4-7;/h3-6,9H,1H2,2H3;1H/q+1;/p-1. The van der Waals surface area contributed by atoms with Crippen molar-refractivity contribution in [3.05, 3.63) is 36.8 Å².